The molecule has 4 N–H and O–H groups in total. The number of nitrogens with one attached hydrogen (secondary N) is 1. The number of aryl methyl sites for hydroxylation is 1. The van der Waals surface area contributed by atoms with E-state index in [1.807, 2.05) is 41.0 Å². The summed E-state index contributed by atoms with van der Waals surface area (Å²) in [6, 6.07) is 14.4. The first kappa shape index (κ1) is 24.3. The van der Waals surface area contributed by atoms with Gasteiger partial charge in [-0.15, -0.1) is 0 Å². The average Bonchev–Trinajstić information content (AvgIpc) is 3.19. The summed E-state index contributed by atoms with van der Waals surface area (Å²) < 4.78 is 15.7. The minimum Gasteiger partial charge on any atom is -0.395 e. The molecule has 0 fully saturated rings. The van der Waals surface area contributed by atoms with E-state index < -0.39 is 6.23 Å². The molecule has 0 saturated carbocycles. The van der Waals surface area contributed by atoms with Gasteiger partial charge in [-0.2, -0.15) is 0 Å². The van der Waals surface area contributed by atoms with Crippen molar-refractivity contribution in [1.82, 2.24) is 19.4 Å². The van der Waals surface area contributed by atoms with Gasteiger partial charge in [0.25, 0.3) is 0 Å². The zero-order chi connectivity index (χ0) is 24.1. The molecule has 0 aliphatic carbocycles. The van der Waals surface area contributed by atoms with Crippen molar-refractivity contribution >= 4 is 11.5 Å². The number of hydrogen-bond donors (Lipinski definition) is 4. The summed E-state index contributed by atoms with van der Waals surface area (Å²) in [6.07, 6.45) is -0.758. The van der Waals surface area contributed by atoms with Crippen molar-refractivity contribution < 1.29 is 19.7 Å². The van der Waals surface area contributed by atoms with Crippen LogP contribution < -0.4 is 5.32 Å². The van der Waals surface area contributed by atoms with Crippen LogP contribution in [0.3, 0.4) is 0 Å². The normalized spacial score (nSPS) is 14.9. The maximum Gasteiger partial charge on any atom is 0.138 e. The van der Waals surface area contributed by atoms with Gasteiger partial charge in [0.1, 0.15) is 29.4 Å². The molecule has 0 saturated heterocycles. The molecule has 2 heterocycles. The van der Waals surface area contributed by atoms with Crippen molar-refractivity contribution in [3.8, 4) is 11.3 Å². The van der Waals surface area contributed by atoms with Crippen LogP contribution in [0.4, 0.5) is 15.9 Å². The first-order chi connectivity index (χ1) is 16.5. The topological polar surface area (TPSA) is 97.0 Å². The summed E-state index contributed by atoms with van der Waals surface area (Å²) in [4.78, 5) is 8.65. The third-order valence-corrected chi connectivity index (χ3v) is 6.11. The summed E-state index contributed by atoms with van der Waals surface area (Å²) in [7, 11) is 0. The lowest BCUT2D eigenvalue weighted by atomic mass is 10.1. The summed E-state index contributed by atoms with van der Waals surface area (Å²) in [5, 5.41) is 32.8. The molecule has 34 heavy (non-hydrogen) atoms. The van der Waals surface area contributed by atoms with Crippen molar-refractivity contribution in [2.24, 2.45) is 0 Å². The maximum absolute atomic E-state index is 13.6. The molecule has 3 aromatic rings. The predicted octanol–water partition coefficient (Wildman–Crippen LogP) is 2.16. The summed E-state index contributed by atoms with van der Waals surface area (Å²) >= 11 is 0. The van der Waals surface area contributed by atoms with Gasteiger partial charge in [-0.05, 0) is 43.3 Å². The minimum absolute atomic E-state index is 0.0355. The highest BCUT2D eigenvalue weighted by molar-refractivity contribution is 5.76. The van der Waals surface area contributed by atoms with Gasteiger partial charge in [0.2, 0.25) is 0 Å². The Morgan fingerprint density at radius 2 is 1.71 bits per heavy atom. The van der Waals surface area contributed by atoms with Gasteiger partial charge < -0.3 is 25.2 Å². The SMILES string of the molecule is Cc1ccc(Nc2c(-c3ccc(F)cc3)nc3n2CCN(C(O)CN(CCO)CCO)C3)cc1. The van der Waals surface area contributed by atoms with Gasteiger partial charge in [0.05, 0.1) is 19.8 Å². The molecule has 8 nitrogen and oxygen atoms in total. The van der Waals surface area contributed by atoms with E-state index in [4.69, 9.17) is 4.98 Å². The second-order valence-corrected chi connectivity index (χ2v) is 8.57. The van der Waals surface area contributed by atoms with Crippen LogP contribution >= 0.6 is 0 Å². The number of aromatic nitrogens is 2. The largest absolute Gasteiger partial charge is 0.395 e. The van der Waals surface area contributed by atoms with Crippen LogP contribution in [0.25, 0.3) is 11.3 Å². The summed E-state index contributed by atoms with van der Waals surface area (Å²) in [5.74, 6) is 1.34. The fraction of sp³-hybridized carbons (Fsp3) is 0.400. The molecule has 182 valence electrons. The van der Waals surface area contributed by atoms with Crippen LogP contribution in [0.15, 0.2) is 48.5 Å². The number of aliphatic hydroxyl groups is 3. The number of nitrogens with zero attached hydrogens (tertiary/aromatic N) is 4. The van der Waals surface area contributed by atoms with Crippen LogP contribution in [-0.2, 0) is 13.1 Å². The Hall–Kier alpha value is -2.82. The number of benzene rings is 2. The highest BCUT2D eigenvalue weighted by Gasteiger charge is 2.28. The number of hydrogen-bond acceptors (Lipinski definition) is 7. The lowest BCUT2D eigenvalue weighted by Gasteiger charge is -2.34. The fourth-order valence-corrected chi connectivity index (χ4v) is 4.24. The van der Waals surface area contributed by atoms with Gasteiger partial charge in [0, 0.05) is 44.0 Å². The van der Waals surface area contributed by atoms with E-state index in [0.29, 0.717) is 39.3 Å². The molecule has 1 unspecified atom stereocenters. The van der Waals surface area contributed by atoms with Crippen molar-refractivity contribution in [2.45, 2.75) is 26.2 Å². The number of imidazole rings is 1. The maximum atomic E-state index is 13.6. The van der Waals surface area contributed by atoms with Crippen LogP contribution in [0.1, 0.15) is 11.4 Å². The Balaban J connectivity index is 1.60. The standard InChI is InChI=1S/C25H32FN5O3/c1-18-2-8-21(9-3-18)27-25-24(19-4-6-20(26)7-5-19)28-22-16-30(10-11-31(22)25)23(34)17-29(12-14-32)13-15-33/h2-9,23,27,32-34H,10-17H2,1H3. The average molecular weight is 470 g/mol. The first-order valence-electron chi connectivity index (χ1n) is 11.5. The highest BCUT2D eigenvalue weighted by atomic mass is 19.1. The Morgan fingerprint density at radius 1 is 1.03 bits per heavy atom. The van der Waals surface area contributed by atoms with Crippen LogP contribution in [0.5, 0.6) is 0 Å². The molecule has 0 spiro atoms. The van der Waals surface area contributed by atoms with Gasteiger partial charge in [-0.1, -0.05) is 17.7 Å². The van der Waals surface area contributed by atoms with Crippen LogP contribution in [0, 0.1) is 12.7 Å². The molecule has 1 aliphatic rings. The number of halogens is 1. The first-order valence-corrected chi connectivity index (χ1v) is 11.5. The molecule has 0 amide bonds. The minimum atomic E-state index is -0.758. The van der Waals surface area contributed by atoms with E-state index in [1.165, 1.54) is 17.7 Å². The van der Waals surface area contributed by atoms with Gasteiger partial charge in [0.15, 0.2) is 0 Å². The summed E-state index contributed by atoms with van der Waals surface area (Å²) in [5.41, 5.74) is 3.64. The Kier molecular flexibility index (Phi) is 7.91. The second kappa shape index (κ2) is 11.1. The highest BCUT2D eigenvalue weighted by Crippen LogP contribution is 2.33. The molecule has 0 bridgehead atoms. The van der Waals surface area contributed by atoms with E-state index in [0.717, 1.165) is 28.6 Å². The fourth-order valence-electron chi connectivity index (χ4n) is 4.24. The van der Waals surface area contributed by atoms with E-state index in [1.54, 1.807) is 12.1 Å². The smallest absolute Gasteiger partial charge is 0.138 e. The Morgan fingerprint density at radius 3 is 2.35 bits per heavy atom. The van der Waals surface area contributed by atoms with Crippen molar-refractivity contribution in [3.63, 3.8) is 0 Å². The Labute approximate surface area is 198 Å². The lowest BCUT2D eigenvalue weighted by molar-refractivity contribution is -0.0396. The lowest BCUT2D eigenvalue weighted by Crippen LogP contribution is -2.48. The van der Waals surface area contributed by atoms with Crippen LogP contribution in [-0.4, -0.2) is 80.3 Å². The third kappa shape index (κ3) is 5.63. The molecule has 1 atom stereocenters. The molecule has 9 heteroatoms. The third-order valence-electron chi connectivity index (χ3n) is 6.11. The number of fused-ring (bicyclic) bond motifs is 1. The van der Waals surface area contributed by atoms with E-state index in [-0.39, 0.29) is 19.0 Å². The number of rotatable bonds is 10. The molecule has 4 rings (SSSR count). The molecule has 1 aromatic heterocycles. The van der Waals surface area contributed by atoms with Crippen molar-refractivity contribution in [3.05, 3.63) is 65.7 Å². The van der Waals surface area contributed by atoms with Gasteiger partial charge in [-0.3, -0.25) is 9.80 Å². The molecule has 2 aromatic carbocycles. The van der Waals surface area contributed by atoms with Crippen molar-refractivity contribution in [2.75, 3.05) is 44.7 Å². The molecular formula is C25H32FN5O3. The quantitative estimate of drug-likeness (QED) is 0.361. The van der Waals surface area contributed by atoms with Gasteiger partial charge >= 0.3 is 0 Å². The van der Waals surface area contributed by atoms with Gasteiger partial charge in [-0.25, -0.2) is 9.37 Å². The van der Waals surface area contributed by atoms with Crippen LogP contribution in [0.2, 0.25) is 0 Å². The van der Waals surface area contributed by atoms with E-state index in [9.17, 15) is 19.7 Å². The zero-order valence-corrected chi connectivity index (χ0v) is 19.4. The predicted molar refractivity (Wildman–Crippen MR) is 129 cm³/mol. The molecule has 0 radical (unpaired) electrons. The van der Waals surface area contributed by atoms with E-state index in [2.05, 4.69) is 9.88 Å². The monoisotopic (exact) mass is 469 g/mol. The van der Waals surface area contributed by atoms with E-state index >= 15 is 0 Å². The molecule has 1 aliphatic heterocycles. The number of anilines is 2. The van der Waals surface area contributed by atoms with Crippen molar-refractivity contribution in [1.29, 1.82) is 0 Å². The zero-order valence-electron chi connectivity index (χ0n) is 19.4. The second-order valence-electron chi connectivity index (χ2n) is 8.57. The molecular weight excluding hydrogens is 437 g/mol. The number of aliphatic hydroxyl groups excluding tert-OH is 3. The Bertz CT molecular complexity index is 1070. The summed E-state index contributed by atoms with van der Waals surface area (Å²) in [6.45, 7) is 4.74.